The van der Waals surface area contributed by atoms with Gasteiger partial charge in [-0.15, -0.1) is 25.3 Å². The van der Waals surface area contributed by atoms with Crippen molar-refractivity contribution in [2.75, 3.05) is 6.54 Å². The summed E-state index contributed by atoms with van der Waals surface area (Å²) in [7, 11) is 0. The molecule has 2 rings (SSSR count). The Labute approximate surface area is 178 Å². The van der Waals surface area contributed by atoms with E-state index in [2.05, 4.69) is 62.4 Å². The van der Waals surface area contributed by atoms with Crippen LogP contribution in [0.5, 0.6) is 0 Å². The molecule has 0 atom stereocenters. The van der Waals surface area contributed by atoms with E-state index >= 15 is 0 Å². The van der Waals surface area contributed by atoms with E-state index in [0.29, 0.717) is 19.6 Å². The topological polar surface area (TPSA) is 38.0 Å². The van der Waals surface area contributed by atoms with Crippen molar-refractivity contribution in [1.82, 2.24) is 5.32 Å². The van der Waals surface area contributed by atoms with Gasteiger partial charge in [-0.2, -0.15) is 0 Å². The maximum atomic E-state index is 6.45. The average molecular weight is 529 g/mol. The van der Waals surface area contributed by atoms with Gasteiger partial charge in [0, 0.05) is 37.5 Å². The third-order valence-electron chi connectivity index (χ3n) is 3.29. The Morgan fingerprint density at radius 2 is 1.46 bits per heavy atom. The lowest BCUT2D eigenvalue weighted by atomic mass is 10.0. The standard InChI is InChI=1S/C16H14Br2Cl2N2S2/c1-2-22-16(18)14(24)10-4-8-5-11(19)9(13(23)15(17)21)3-7(8)6-12(10)20/h3-6,22-24H,2,21H2,1H3/b15-13-,16-14-. The Balaban J connectivity index is 2.67. The molecule has 2 aromatic carbocycles. The molecule has 0 saturated carbocycles. The van der Waals surface area contributed by atoms with Crippen LogP contribution >= 0.6 is 80.3 Å². The van der Waals surface area contributed by atoms with Gasteiger partial charge in [0.05, 0.1) is 9.21 Å². The number of hydrogen-bond donors (Lipinski definition) is 4. The lowest BCUT2D eigenvalue weighted by Gasteiger charge is -2.12. The highest BCUT2D eigenvalue weighted by molar-refractivity contribution is 9.12. The minimum absolute atomic E-state index is 0.421. The first-order valence-electron chi connectivity index (χ1n) is 6.86. The molecule has 0 saturated heterocycles. The van der Waals surface area contributed by atoms with Gasteiger partial charge in [-0.1, -0.05) is 23.2 Å². The van der Waals surface area contributed by atoms with Gasteiger partial charge < -0.3 is 11.1 Å². The van der Waals surface area contributed by atoms with Gasteiger partial charge in [-0.05, 0) is 73.8 Å². The summed E-state index contributed by atoms with van der Waals surface area (Å²) in [6.45, 7) is 2.78. The minimum Gasteiger partial charge on any atom is -0.392 e. The van der Waals surface area contributed by atoms with E-state index in [1.807, 2.05) is 31.2 Å². The van der Waals surface area contributed by atoms with E-state index in [-0.39, 0.29) is 0 Å². The molecule has 8 heteroatoms. The van der Waals surface area contributed by atoms with Crippen LogP contribution < -0.4 is 11.1 Å². The van der Waals surface area contributed by atoms with Crippen molar-refractivity contribution in [2.45, 2.75) is 6.92 Å². The highest BCUT2D eigenvalue weighted by Crippen LogP contribution is 2.38. The van der Waals surface area contributed by atoms with Gasteiger partial charge in [-0.3, -0.25) is 0 Å². The second-order valence-electron chi connectivity index (χ2n) is 4.90. The molecule has 2 nitrogen and oxygen atoms in total. The zero-order chi connectivity index (χ0) is 18.0. The third-order valence-corrected chi connectivity index (χ3v) is 6.55. The van der Waals surface area contributed by atoms with Gasteiger partial charge >= 0.3 is 0 Å². The average Bonchev–Trinajstić information content (AvgIpc) is 2.53. The number of thiol groups is 2. The third kappa shape index (κ3) is 4.40. The summed E-state index contributed by atoms with van der Waals surface area (Å²) >= 11 is 28.5. The Hall–Kier alpha value is 0.0200. The predicted molar refractivity (Wildman–Crippen MR) is 121 cm³/mol. The van der Waals surface area contributed by atoms with Crippen molar-refractivity contribution in [3.05, 3.63) is 54.7 Å². The summed E-state index contributed by atoms with van der Waals surface area (Å²) in [5.74, 6) is 0. The van der Waals surface area contributed by atoms with Gasteiger partial charge in [0.15, 0.2) is 0 Å². The van der Waals surface area contributed by atoms with E-state index in [9.17, 15) is 0 Å². The molecule has 0 unspecified atom stereocenters. The second kappa shape index (κ2) is 8.60. The summed E-state index contributed by atoms with van der Waals surface area (Å²) in [6.07, 6.45) is 0. The monoisotopic (exact) mass is 526 g/mol. The fourth-order valence-electron chi connectivity index (χ4n) is 2.14. The van der Waals surface area contributed by atoms with E-state index in [0.717, 1.165) is 38.0 Å². The number of nitrogens with two attached hydrogens (primary N) is 1. The molecule has 0 aliphatic heterocycles. The zero-order valence-corrected chi connectivity index (χ0v) is 19.0. The maximum Gasteiger partial charge on any atom is 0.0921 e. The quantitative estimate of drug-likeness (QED) is 0.266. The SMILES string of the molecule is CCN/C(Br)=C(\S)c1cc2cc(Cl)c(/C(S)=C(/N)Br)cc2cc1Cl. The van der Waals surface area contributed by atoms with E-state index in [4.69, 9.17) is 28.9 Å². The van der Waals surface area contributed by atoms with Crippen molar-refractivity contribution in [3.8, 4) is 0 Å². The summed E-state index contributed by atoms with van der Waals surface area (Å²) in [6, 6.07) is 7.60. The normalized spacial score (nSPS) is 13.6. The fraction of sp³-hybridized carbons (Fsp3) is 0.125. The van der Waals surface area contributed by atoms with Crippen LogP contribution in [0.15, 0.2) is 33.5 Å². The number of benzene rings is 2. The molecular weight excluding hydrogens is 515 g/mol. The molecule has 24 heavy (non-hydrogen) atoms. The van der Waals surface area contributed by atoms with Crippen LogP contribution in [0, 0.1) is 0 Å². The van der Waals surface area contributed by atoms with E-state index in [1.165, 1.54) is 0 Å². The molecule has 3 N–H and O–H groups in total. The Bertz CT molecular complexity index is 863. The number of fused-ring (bicyclic) bond motifs is 1. The first-order chi connectivity index (χ1) is 11.3. The molecule has 128 valence electrons. The highest BCUT2D eigenvalue weighted by atomic mass is 79.9. The molecule has 0 bridgehead atoms. The van der Waals surface area contributed by atoms with Gasteiger partial charge in [0.2, 0.25) is 0 Å². The number of hydrogen-bond acceptors (Lipinski definition) is 4. The zero-order valence-electron chi connectivity index (χ0n) is 12.5. The lowest BCUT2D eigenvalue weighted by Crippen LogP contribution is -2.08. The number of rotatable bonds is 4. The molecule has 0 fully saturated rings. The molecule has 0 aromatic heterocycles. The maximum absolute atomic E-state index is 6.45. The number of halogens is 4. The smallest absolute Gasteiger partial charge is 0.0921 e. The first kappa shape index (κ1) is 20.3. The second-order valence-corrected chi connectivity index (χ2v) is 8.26. The molecule has 2 aromatic rings. The Morgan fingerprint density at radius 1 is 1.00 bits per heavy atom. The van der Waals surface area contributed by atoms with Crippen LogP contribution in [-0.4, -0.2) is 6.54 Å². The van der Waals surface area contributed by atoms with Crippen LogP contribution in [0.2, 0.25) is 10.0 Å². The molecule has 0 aliphatic rings. The molecule has 0 amide bonds. The van der Waals surface area contributed by atoms with Crippen molar-refractivity contribution in [1.29, 1.82) is 0 Å². The summed E-state index contributed by atoms with van der Waals surface area (Å²) in [5, 5.41) is 6.19. The van der Waals surface area contributed by atoms with Crippen LogP contribution in [0.3, 0.4) is 0 Å². The minimum atomic E-state index is 0.421. The number of nitrogens with one attached hydrogen (secondary N) is 1. The summed E-state index contributed by atoms with van der Waals surface area (Å²) in [4.78, 5) is 1.30. The molecule has 0 aliphatic carbocycles. The van der Waals surface area contributed by atoms with Gasteiger partial charge in [-0.25, -0.2) is 0 Å². The lowest BCUT2D eigenvalue weighted by molar-refractivity contribution is 0.913. The van der Waals surface area contributed by atoms with Crippen LogP contribution in [0.25, 0.3) is 20.6 Å². The van der Waals surface area contributed by atoms with E-state index in [1.54, 1.807) is 0 Å². The van der Waals surface area contributed by atoms with Gasteiger partial charge in [0.1, 0.15) is 0 Å². The molecular formula is C16H14Br2Cl2N2S2. The van der Waals surface area contributed by atoms with Crippen molar-refractivity contribution >= 4 is 101 Å². The molecule has 0 heterocycles. The Kier molecular flexibility index (Phi) is 7.29. The highest BCUT2D eigenvalue weighted by Gasteiger charge is 2.13. The Morgan fingerprint density at radius 3 is 1.88 bits per heavy atom. The van der Waals surface area contributed by atoms with Crippen molar-refractivity contribution < 1.29 is 0 Å². The largest absolute Gasteiger partial charge is 0.392 e. The first-order valence-corrected chi connectivity index (χ1v) is 10.1. The van der Waals surface area contributed by atoms with E-state index < -0.39 is 0 Å². The van der Waals surface area contributed by atoms with Crippen molar-refractivity contribution in [2.24, 2.45) is 5.73 Å². The summed E-state index contributed by atoms with van der Waals surface area (Å²) < 4.78 is 1.20. The molecule has 0 spiro atoms. The molecule has 0 radical (unpaired) electrons. The van der Waals surface area contributed by atoms with Crippen LogP contribution in [0.4, 0.5) is 0 Å². The predicted octanol–water partition coefficient (Wildman–Crippen LogP) is 6.62. The summed E-state index contributed by atoms with van der Waals surface area (Å²) in [5.41, 5.74) is 7.29. The van der Waals surface area contributed by atoms with Crippen LogP contribution in [-0.2, 0) is 0 Å². The van der Waals surface area contributed by atoms with Crippen LogP contribution in [0.1, 0.15) is 18.1 Å². The van der Waals surface area contributed by atoms with Crippen molar-refractivity contribution in [3.63, 3.8) is 0 Å². The van der Waals surface area contributed by atoms with Gasteiger partial charge in [0.25, 0.3) is 0 Å². The fourth-order valence-corrected chi connectivity index (χ4v) is 3.96.